The van der Waals surface area contributed by atoms with Crippen molar-refractivity contribution in [2.75, 3.05) is 13.7 Å². The predicted molar refractivity (Wildman–Crippen MR) is 59.2 cm³/mol. The van der Waals surface area contributed by atoms with Crippen LogP contribution in [0.25, 0.3) is 0 Å². The fraction of sp³-hybridized carbons (Fsp3) is 0.818. The normalized spacial score (nSPS) is 15.0. The summed E-state index contributed by atoms with van der Waals surface area (Å²) in [7, 11) is 1.67. The number of aromatic nitrogens is 2. The molecule has 1 N–H and O–H groups in total. The number of aryl methyl sites for hydroxylation is 1. The molecule has 2 unspecified atom stereocenters. The average Bonchev–Trinajstić information content (AvgIpc) is 2.76. The number of aliphatic hydroxyl groups excluding tert-OH is 1. The van der Waals surface area contributed by atoms with Gasteiger partial charge < -0.3 is 14.4 Å². The Hall–Kier alpha value is -0.940. The standard InChI is InChI=1S/C11H20N2O3/c1-4-9(14)8(2)11-12-10(13-16-11)6-5-7-15-3/h8-9,14H,4-7H2,1-3H3. The van der Waals surface area contributed by atoms with Crippen molar-refractivity contribution in [3.63, 3.8) is 0 Å². The summed E-state index contributed by atoms with van der Waals surface area (Å²) >= 11 is 0. The van der Waals surface area contributed by atoms with Gasteiger partial charge in [-0.25, -0.2) is 0 Å². The lowest BCUT2D eigenvalue weighted by molar-refractivity contribution is 0.129. The van der Waals surface area contributed by atoms with E-state index in [4.69, 9.17) is 9.26 Å². The first-order valence-corrected chi connectivity index (χ1v) is 5.68. The number of methoxy groups -OCH3 is 1. The van der Waals surface area contributed by atoms with Crippen LogP contribution in [0.4, 0.5) is 0 Å². The van der Waals surface area contributed by atoms with Gasteiger partial charge in [-0.15, -0.1) is 0 Å². The Bertz CT molecular complexity index is 301. The van der Waals surface area contributed by atoms with Crippen LogP contribution in [0.2, 0.25) is 0 Å². The van der Waals surface area contributed by atoms with Crippen molar-refractivity contribution < 1.29 is 14.4 Å². The van der Waals surface area contributed by atoms with Crippen LogP contribution in [-0.2, 0) is 11.2 Å². The highest BCUT2D eigenvalue weighted by molar-refractivity contribution is 4.95. The molecule has 1 aromatic heterocycles. The summed E-state index contributed by atoms with van der Waals surface area (Å²) in [4.78, 5) is 4.26. The Morgan fingerprint density at radius 1 is 1.50 bits per heavy atom. The van der Waals surface area contributed by atoms with E-state index in [9.17, 15) is 5.11 Å². The molecule has 0 aliphatic carbocycles. The highest BCUT2D eigenvalue weighted by atomic mass is 16.5. The van der Waals surface area contributed by atoms with E-state index >= 15 is 0 Å². The third kappa shape index (κ3) is 3.57. The van der Waals surface area contributed by atoms with Crippen LogP contribution >= 0.6 is 0 Å². The molecule has 0 aliphatic rings. The summed E-state index contributed by atoms with van der Waals surface area (Å²) in [5.74, 6) is 1.10. The summed E-state index contributed by atoms with van der Waals surface area (Å²) in [6.07, 6.45) is 1.88. The van der Waals surface area contributed by atoms with Crippen molar-refractivity contribution in [3.05, 3.63) is 11.7 Å². The summed E-state index contributed by atoms with van der Waals surface area (Å²) < 4.78 is 10.1. The molecule has 92 valence electrons. The smallest absolute Gasteiger partial charge is 0.232 e. The molecule has 0 saturated carbocycles. The molecule has 0 aromatic carbocycles. The van der Waals surface area contributed by atoms with Crippen LogP contribution in [0, 0.1) is 0 Å². The Labute approximate surface area is 95.8 Å². The second-order valence-corrected chi connectivity index (χ2v) is 3.91. The molecule has 0 fully saturated rings. The maximum absolute atomic E-state index is 9.66. The van der Waals surface area contributed by atoms with Gasteiger partial charge in [0.15, 0.2) is 5.82 Å². The zero-order chi connectivity index (χ0) is 12.0. The van der Waals surface area contributed by atoms with E-state index in [1.165, 1.54) is 0 Å². The van der Waals surface area contributed by atoms with Gasteiger partial charge >= 0.3 is 0 Å². The van der Waals surface area contributed by atoms with Gasteiger partial charge in [-0.1, -0.05) is 19.0 Å². The minimum absolute atomic E-state index is 0.103. The van der Waals surface area contributed by atoms with E-state index in [2.05, 4.69) is 10.1 Å². The molecule has 5 nitrogen and oxygen atoms in total. The fourth-order valence-electron chi connectivity index (χ4n) is 1.45. The van der Waals surface area contributed by atoms with Gasteiger partial charge in [-0.3, -0.25) is 0 Å². The molecular formula is C11H20N2O3. The first-order valence-electron chi connectivity index (χ1n) is 5.68. The Morgan fingerprint density at radius 2 is 2.25 bits per heavy atom. The Morgan fingerprint density at radius 3 is 2.88 bits per heavy atom. The molecule has 1 rings (SSSR count). The highest BCUT2D eigenvalue weighted by Crippen LogP contribution is 2.19. The second-order valence-electron chi connectivity index (χ2n) is 3.91. The van der Waals surface area contributed by atoms with Crippen LogP contribution in [0.3, 0.4) is 0 Å². The molecule has 5 heteroatoms. The van der Waals surface area contributed by atoms with Crippen molar-refractivity contribution in [2.45, 2.75) is 45.1 Å². The quantitative estimate of drug-likeness (QED) is 0.717. The lowest BCUT2D eigenvalue weighted by Gasteiger charge is -2.11. The van der Waals surface area contributed by atoms with E-state index in [1.54, 1.807) is 7.11 Å². The summed E-state index contributed by atoms with van der Waals surface area (Å²) in [5, 5.41) is 13.5. The second kappa shape index (κ2) is 6.60. The molecular weight excluding hydrogens is 208 g/mol. The monoisotopic (exact) mass is 228 g/mol. The lowest BCUT2D eigenvalue weighted by atomic mass is 10.0. The Balaban J connectivity index is 2.50. The van der Waals surface area contributed by atoms with E-state index < -0.39 is 6.10 Å². The topological polar surface area (TPSA) is 68.4 Å². The van der Waals surface area contributed by atoms with Crippen LogP contribution in [0.5, 0.6) is 0 Å². The van der Waals surface area contributed by atoms with Gasteiger partial charge in [0.1, 0.15) is 0 Å². The van der Waals surface area contributed by atoms with Crippen molar-refractivity contribution in [1.29, 1.82) is 0 Å². The first-order chi connectivity index (χ1) is 7.69. The van der Waals surface area contributed by atoms with Gasteiger partial charge in [-0.05, 0) is 12.8 Å². The van der Waals surface area contributed by atoms with Gasteiger partial charge in [0.2, 0.25) is 5.89 Å². The van der Waals surface area contributed by atoms with Crippen LogP contribution in [-0.4, -0.2) is 35.1 Å². The number of hydrogen-bond donors (Lipinski definition) is 1. The van der Waals surface area contributed by atoms with Gasteiger partial charge in [0, 0.05) is 20.1 Å². The van der Waals surface area contributed by atoms with Crippen LogP contribution in [0.1, 0.15) is 44.3 Å². The molecule has 0 saturated heterocycles. The lowest BCUT2D eigenvalue weighted by Crippen LogP contribution is -2.14. The largest absolute Gasteiger partial charge is 0.392 e. The number of ether oxygens (including phenoxy) is 1. The maximum atomic E-state index is 9.66. The summed E-state index contributed by atoms with van der Waals surface area (Å²) in [6, 6.07) is 0. The van der Waals surface area contributed by atoms with E-state index in [0.717, 1.165) is 12.8 Å². The SMILES string of the molecule is CCC(O)C(C)c1nc(CCCOC)no1. The highest BCUT2D eigenvalue weighted by Gasteiger charge is 2.20. The molecule has 1 aromatic rings. The zero-order valence-electron chi connectivity index (χ0n) is 10.1. The maximum Gasteiger partial charge on any atom is 0.232 e. The van der Waals surface area contributed by atoms with E-state index in [1.807, 2.05) is 13.8 Å². The minimum Gasteiger partial charge on any atom is -0.392 e. The Kier molecular flexibility index (Phi) is 5.42. The summed E-state index contributed by atoms with van der Waals surface area (Å²) in [5.41, 5.74) is 0. The third-order valence-corrected chi connectivity index (χ3v) is 2.62. The van der Waals surface area contributed by atoms with E-state index in [-0.39, 0.29) is 5.92 Å². The summed E-state index contributed by atoms with van der Waals surface area (Å²) in [6.45, 7) is 4.51. The molecule has 0 bridgehead atoms. The van der Waals surface area contributed by atoms with Gasteiger partial charge in [0.05, 0.1) is 12.0 Å². The number of nitrogens with zero attached hydrogens (tertiary/aromatic N) is 2. The number of rotatable bonds is 7. The molecule has 2 atom stereocenters. The first kappa shape index (κ1) is 13.1. The minimum atomic E-state index is -0.424. The van der Waals surface area contributed by atoms with Crippen LogP contribution < -0.4 is 0 Å². The van der Waals surface area contributed by atoms with Crippen LogP contribution in [0.15, 0.2) is 4.52 Å². The van der Waals surface area contributed by atoms with Crippen molar-refractivity contribution in [1.82, 2.24) is 10.1 Å². The number of aliphatic hydroxyl groups is 1. The zero-order valence-corrected chi connectivity index (χ0v) is 10.1. The van der Waals surface area contributed by atoms with Crippen molar-refractivity contribution >= 4 is 0 Å². The van der Waals surface area contributed by atoms with Crippen molar-refractivity contribution in [2.24, 2.45) is 0 Å². The molecule has 1 heterocycles. The van der Waals surface area contributed by atoms with Gasteiger partial charge in [0.25, 0.3) is 0 Å². The molecule has 0 amide bonds. The third-order valence-electron chi connectivity index (χ3n) is 2.62. The molecule has 0 radical (unpaired) electrons. The van der Waals surface area contributed by atoms with Gasteiger partial charge in [-0.2, -0.15) is 4.98 Å². The molecule has 0 aliphatic heterocycles. The molecule has 0 spiro atoms. The average molecular weight is 228 g/mol. The fourth-order valence-corrected chi connectivity index (χ4v) is 1.45. The number of hydrogen-bond acceptors (Lipinski definition) is 5. The molecule has 16 heavy (non-hydrogen) atoms. The predicted octanol–water partition coefficient (Wildman–Crippen LogP) is 1.52. The van der Waals surface area contributed by atoms with Crippen molar-refractivity contribution in [3.8, 4) is 0 Å². The van der Waals surface area contributed by atoms with E-state index in [0.29, 0.717) is 24.7 Å².